The molecule has 0 aliphatic carbocycles. The minimum absolute atomic E-state index is 0.127. The molecule has 12 heteroatoms. The smallest absolute Gasteiger partial charge is 0.282 e. The minimum atomic E-state index is -0.913. The highest BCUT2D eigenvalue weighted by Gasteiger charge is 2.42. The third kappa shape index (κ3) is 4.96. The monoisotopic (exact) mass is 481 g/mol. The fourth-order valence-corrected chi connectivity index (χ4v) is 3.95. The van der Waals surface area contributed by atoms with Gasteiger partial charge in [-0.3, -0.25) is 34.2 Å². The number of rotatable bonds is 7. The van der Waals surface area contributed by atoms with E-state index < -0.39 is 40.8 Å². The molecule has 12 nitrogen and oxygen atoms in total. The van der Waals surface area contributed by atoms with Gasteiger partial charge in [-0.2, -0.15) is 0 Å². The number of carbonyl (C=O) groups excluding carboxylic acids is 4. The van der Waals surface area contributed by atoms with Gasteiger partial charge in [0.1, 0.15) is 12.1 Å². The van der Waals surface area contributed by atoms with Crippen LogP contribution in [0.15, 0.2) is 42.5 Å². The number of benzene rings is 2. The zero-order valence-corrected chi connectivity index (χ0v) is 18.9. The lowest BCUT2D eigenvalue weighted by Crippen LogP contribution is -2.43. The first kappa shape index (κ1) is 23.8. The Labute approximate surface area is 200 Å². The fourth-order valence-electron chi connectivity index (χ4n) is 3.95. The Kier molecular flexibility index (Phi) is 6.73. The quantitative estimate of drug-likeness (QED) is 0.352. The highest BCUT2D eigenvalue weighted by molar-refractivity contribution is 6.24. The van der Waals surface area contributed by atoms with E-state index in [9.17, 15) is 29.3 Å². The van der Waals surface area contributed by atoms with Crippen LogP contribution >= 0.6 is 0 Å². The average Bonchev–Trinajstić information content (AvgIpc) is 3.09. The molecule has 0 radical (unpaired) electrons. The summed E-state index contributed by atoms with van der Waals surface area (Å²) >= 11 is 0. The van der Waals surface area contributed by atoms with Crippen LogP contribution < -0.4 is 10.2 Å². The summed E-state index contributed by atoms with van der Waals surface area (Å²) in [6.07, 6.45) is 0. The summed E-state index contributed by atoms with van der Waals surface area (Å²) in [7, 11) is 1.37. The van der Waals surface area contributed by atoms with Crippen molar-refractivity contribution in [2.45, 2.75) is 0 Å². The Morgan fingerprint density at radius 3 is 2.43 bits per heavy atom. The molecular weight excluding hydrogens is 458 g/mol. The van der Waals surface area contributed by atoms with E-state index in [0.29, 0.717) is 23.8 Å². The first-order valence-corrected chi connectivity index (χ1v) is 10.9. The summed E-state index contributed by atoms with van der Waals surface area (Å²) in [5.74, 6) is -2.83. The fraction of sp³-hybridized carbons (Fsp3) is 0.304. The van der Waals surface area contributed by atoms with E-state index in [1.807, 2.05) is 12.1 Å². The van der Waals surface area contributed by atoms with Crippen LogP contribution in [0.1, 0.15) is 20.7 Å². The molecule has 4 rings (SSSR count). The number of carbonyl (C=O) groups is 4. The molecule has 1 saturated heterocycles. The number of hydrogen-bond donors (Lipinski definition) is 1. The number of hydrogen-bond acceptors (Lipinski definition) is 8. The van der Waals surface area contributed by atoms with Crippen LogP contribution in [0.2, 0.25) is 0 Å². The van der Waals surface area contributed by atoms with Crippen molar-refractivity contribution in [2.24, 2.45) is 0 Å². The molecule has 182 valence electrons. The minimum Gasteiger partial charge on any atom is -0.378 e. The number of likely N-dealkylation sites (N-methyl/N-ethyl adjacent to an activating group) is 1. The summed E-state index contributed by atoms with van der Waals surface area (Å²) < 4.78 is 5.34. The Balaban J connectivity index is 1.33. The van der Waals surface area contributed by atoms with Gasteiger partial charge in [0.05, 0.1) is 30.2 Å². The topological polar surface area (TPSA) is 142 Å². The largest absolute Gasteiger partial charge is 0.378 e. The Hall–Kier alpha value is -4.32. The van der Waals surface area contributed by atoms with Crippen LogP contribution in [-0.2, 0) is 14.3 Å². The molecule has 2 heterocycles. The number of nitro groups is 1. The number of nitro benzene ring substituents is 1. The molecule has 35 heavy (non-hydrogen) atoms. The van der Waals surface area contributed by atoms with Crippen LogP contribution in [-0.4, -0.2) is 84.8 Å². The molecule has 0 atom stereocenters. The van der Waals surface area contributed by atoms with Gasteiger partial charge in [-0.1, -0.05) is 6.07 Å². The molecule has 1 N–H and O–H groups in total. The predicted molar refractivity (Wildman–Crippen MR) is 124 cm³/mol. The lowest BCUT2D eigenvalue weighted by Gasteiger charge is -2.28. The number of amides is 4. The summed E-state index contributed by atoms with van der Waals surface area (Å²) in [4.78, 5) is 64.6. The van der Waals surface area contributed by atoms with Crippen molar-refractivity contribution in [3.05, 3.63) is 63.7 Å². The number of ether oxygens (including phenoxy) is 1. The van der Waals surface area contributed by atoms with E-state index in [4.69, 9.17) is 4.74 Å². The zero-order valence-electron chi connectivity index (χ0n) is 18.9. The van der Waals surface area contributed by atoms with Crippen molar-refractivity contribution in [3.63, 3.8) is 0 Å². The lowest BCUT2D eigenvalue weighted by molar-refractivity contribution is -0.385. The van der Waals surface area contributed by atoms with Gasteiger partial charge in [0.25, 0.3) is 17.5 Å². The molecule has 0 spiro atoms. The van der Waals surface area contributed by atoms with Crippen molar-refractivity contribution in [3.8, 4) is 0 Å². The molecule has 0 bridgehead atoms. The standard InChI is InChI=1S/C23H23N5O7/c1-25(13-19(29)24-15-5-7-16(8-6-15)26-9-11-35-12-10-26)20(30)14-27-22(31)17-3-2-4-18(28(33)34)21(17)23(27)32/h2-8H,9-14H2,1H3,(H,24,29). The summed E-state index contributed by atoms with van der Waals surface area (Å²) in [6, 6.07) is 11.0. The summed E-state index contributed by atoms with van der Waals surface area (Å²) in [5, 5.41) is 13.9. The maximum Gasteiger partial charge on any atom is 0.282 e. The molecule has 0 aromatic heterocycles. The van der Waals surface area contributed by atoms with E-state index >= 15 is 0 Å². The zero-order chi connectivity index (χ0) is 25.1. The van der Waals surface area contributed by atoms with Gasteiger partial charge >= 0.3 is 0 Å². The maximum absolute atomic E-state index is 12.6. The number of nitrogens with one attached hydrogen (secondary N) is 1. The van der Waals surface area contributed by atoms with Gasteiger partial charge in [0, 0.05) is 37.6 Å². The van der Waals surface area contributed by atoms with Crippen molar-refractivity contribution in [1.29, 1.82) is 0 Å². The van der Waals surface area contributed by atoms with Crippen molar-refractivity contribution >= 4 is 40.7 Å². The first-order chi connectivity index (χ1) is 16.8. The predicted octanol–water partition coefficient (Wildman–Crippen LogP) is 1.12. The van der Waals surface area contributed by atoms with Crippen LogP contribution in [0.4, 0.5) is 17.1 Å². The Morgan fingerprint density at radius 2 is 1.77 bits per heavy atom. The Morgan fingerprint density at radius 1 is 1.09 bits per heavy atom. The van der Waals surface area contributed by atoms with E-state index in [1.54, 1.807) is 12.1 Å². The molecule has 2 aliphatic heterocycles. The van der Waals surface area contributed by atoms with Gasteiger partial charge < -0.3 is 19.9 Å². The molecule has 2 aromatic rings. The third-order valence-corrected chi connectivity index (χ3v) is 5.80. The SMILES string of the molecule is CN(CC(=O)Nc1ccc(N2CCOCC2)cc1)C(=O)CN1C(=O)c2cccc([N+](=O)[O-])c2C1=O. The molecule has 4 amide bonds. The highest BCUT2D eigenvalue weighted by atomic mass is 16.6. The second-order valence-electron chi connectivity index (χ2n) is 8.10. The molecule has 2 aliphatic rings. The number of anilines is 2. The van der Waals surface area contributed by atoms with Crippen LogP contribution in [0.25, 0.3) is 0 Å². The van der Waals surface area contributed by atoms with Gasteiger partial charge in [-0.15, -0.1) is 0 Å². The normalized spacial score (nSPS) is 15.1. The van der Waals surface area contributed by atoms with Crippen molar-refractivity contribution < 1.29 is 28.8 Å². The average molecular weight is 481 g/mol. The third-order valence-electron chi connectivity index (χ3n) is 5.80. The van der Waals surface area contributed by atoms with Crippen LogP contribution in [0.3, 0.4) is 0 Å². The molecule has 0 unspecified atom stereocenters. The van der Waals surface area contributed by atoms with Crippen molar-refractivity contribution in [2.75, 3.05) is 56.7 Å². The first-order valence-electron chi connectivity index (χ1n) is 10.9. The van der Waals surface area contributed by atoms with Crippen LogP contribution in [0, 0.1) is 10.1 Å². The Bertz CT molecular complexity index is 1190. The van der Waals surface area contributed by atoms with E-state index in [2.05, 4.69) is 10.2 Å². The van der Waals surface area contributed by atoms with Gasteiger partial charge in [0.15, 0.2) is 0 Å². The number of nitrogens with zero attached hydrogens (tertiary/aromatic N) is 4. The molecular formula is C23H23N5O7. The van der Waals surface area contributed by atoms with Crippen molar-refractivity contribution in [1.82, 2.24) is 9.80 Å². The van der Waals surface area contributed by atoms with Gasteiger partial charge in [-0.25, -0.2) is 0 Å². The lowest BCUT2D eigenvalue weighted by atomic mass is 10.1. The molecule has 1 fully saturated rings. The number of morpholine rings is 1. The maximum atomic E-state index is 12.6. The molecule has 0 saturated carbocycles. The number of fused-ring (bicyclic) bond motifs is 1. The van der Waals surface area contributed by atoms with E-state index in [1.165, 1.54) is 19.2 Å². The summed E-state index contributed by atoms with van der Waals surface area (Å²) in [5.41, 5.74) is 0.609. The number of imide groups is 1. The second-order valence-corrected chi connectivity index (χ2v) is 8.10. The van der Waals surface area contributed by atoms with Crippen LogP contribution in [0.5, 0.6) is 0 Å². The van der Waals surface area contributed by atoms with Gasteiger partial charge in [0.2, 0.25) is 11.8 Å². The van der Waals surface area contributed by atoms with Gasteiger partial charge in [-0.05, 0) is 30.3 Å². The van der Waals surface area contributed by atoms with E-state index in [-0.39, 0.29) is 17.7 Å². The highest BCUT2D eigenvalue weighted by Crippen LogP contribution is 2.30. The summed E-state index contributed by atoms with van der Waals surface area (Å²) in [6.45, 7) is 1.96. The van der Waals surface area contributed by atoms with E-state index in [0.717, 1.165) is 29.7 Å². The molecule has 2 aromatic carbocycles. The second kappa shape index (κ2) is 9.89.